The second kappa shape index (κ2) is 4.07. The number of ether oxygens (including phenoxy) is 3. The summed E-state index contributed by atoms with van der Waals surface area (Å²) in [6.07, 6.45) is 0. The molecule has 0 fully saturated rings. The lowest BCUT2D eigenvalue weighted by Crippen LogP contribution is -2.24. The first-order chi connectivity index (χ1) is 7.95. The molecule has 0 aromatic heterocycles. The van der Waals surface area contributed by atoms with Gasteiger partial charge in [0.05, 0.1) is 18.3 Å². The van der Waals surface area contributed by atoms with Crippen LogP contribution in [0, 0.1) is 5.82 Å². The van der Waals surface area contributed by atoms with E-state index < -0.39 is 11.4 Å². The van der Waals surface area contributed by atoms with Gasteiger partial charge in [0.1, 0.15) is 13.2 Å². The van der Waals surface area contributed by atoms with E-state index >= 15 is 0 Å². The van der Waals surface area contributed by atoms with Crippen LogP contribution in [0.5, 0.6) is 17.2 Å². The van der Waals surface area contributed by atoms with Gasteiger partial charge in [-0.3, -0.25) is 0 Å². The Kier molecular flexibility index (Phi) is 2.87. The number of hydrogen-bond acceptors (Lipinski definition) is 4. The summed E-state index contributed by atoms with van der Waals surface area (Å²) < 4.78 is 29.6. The topological polar surface area (TPSA) is 47.9 Å². The van der Waals surface area contributed by atoms with Gasteiger partial charge in [0.2, 0.25) is 0 Å². The highest BCUT2D eigenvalue weighted by Crippen LogP contribution is 2.46. The molecule has 0 spiro atoms. The molecule has 1 aliphatic heterocycles. The van der Waals surface area contributed by atoms with Crippen molar-refractivity contribution in [1.82, 2.24) is 0 Å². The fourth-order valence-corrected chi connectivity index (χ4v) is 1.89. The molecule has 1 aromatic carbocycles. The third-order valence-electron chi connectivity index (χ3n) is 2.56. The van der Waals surface area contributed by atoms with E-state index in [2.05, 4.69) is 0 Å². The van der Waals surface area contributed by atoms with Gasteiger partial charge in [-0.15, -0.1) is 0 Å². The minimum absolute atomic E-state index is 0.0123. The van der Waals surface area contributed by atoms with Gasteiger partial charge in [0.25, 0.3) is 0 Å². The van der Waals surface area contributed by atoms with Crippen molar-refractivity contribution in [3.63, 3.8) is 0 Å². The molecule has 5 heteroatoms. The SMILES string of the molecule is COc1c(F)cc2c(c1C(C)(C)O)OCCO2. The standard InChI is InChI=1S/C12H15FO4/c1-12(2,14)9-10(15-3)7(13)6-8-11(9)17-5-4-16-8/h6,14H,4-5H2,1-3H3. The molecular formula is C12H15FO4. The summed E-state index contributed by atoms with van der Waals surface area (Å²) in [6, 6.07) is 1.21. The quantitative estimate of drug-likeness (QED) is 0.859. The predicted octanol–water partition coefficient (Wildman–Crippen LogP) is 1.83. The van der Waals surface area contributed by atoms with E-state index in [0.717, 1.165) is 0 Å². The molecule has 0 aliphatic carbocycles. The van der Waals surface area contributed by atoms with Crippen molar-refractivity contribution >= 4 is 0 Å². The normalized spacial score (nSPS) is 14.6. The zero-order chi connectivity index (χ0) is 12.6. The van der Waals surface area contributed by atoms with Gasteiger partial charge in [0.15, 0.2) is 23.1 Å². The molecule has 1 aliphatic rings. The number of methoxy groups -OCH3 is 1. The Balaban J connectivity index is 2.70. The zero-order valence-corrected chi connectivity index (χ0v) is 10.0. The lowest BCUT2D eigenvalue weighted by Gasteiger charge is -2.28. The highest BCUT2D eigenvalue weighted by Gasteiger charge is 2.32. The van der Waals surface area contributed by atoms with Crippen molar-refractivity contribution in [2.75, 3.05) is 20.3 Å². The maximum atomic E-state index is 13.8. The molecule has 0 unspecified atom stereocenters. The van der Waals surface area contributed by atoms with E-state index in [-0.39, 0.29) is 11.3 Å². The third-order valence-corrected chi connectivity index (χ3v) is 2.56. The van der Waals surface area contributed by atoms with E-state index in [9.17, 15) is 9.50 Å². The molecule has 17 heavy (non-hydrogen) atoms. The van der Waals surface area contributed by atoms with Crippen LogP contribution in [-0.2, 0) is 5.60 Å². The van der Waals surface area contributed by atoms with Gasteiger partial charge in [0, 0.05) is 6.07 Å². The minimum atomic E-state index is -1.28. The lowest BCUT2D eigenvalue weighted by atomic mass is 9.95. The molecular weight excluding hydrogens is 227 g/mol. The maximum Gasteiger partial charge on any atom is 0.171 e. The monoisotopic (exact) mass is 242 g/mol. The van der Waals surface area contributed by atoms with Gasteiger partial charge in [-0.25, -0.2) is 4.39 Å². The van der Waals surface area contributed by atoms with Gasteiger partial charge in [-0.2, -0.15) is 0 Å². The Morgan fingerprint density at radius 3 is 2.59 bits per heavy atom. The smallest absolute Gasteiger partial charge is 0.171 e. The molecule has 0 radical (unpaired) electrons. The van der Waals surface area contributed by atoms with Crippen molar-refractivity contribution in [2.45, 2.75) is 19.4 Å². The van der Waals surface area contributed by atoms with E-state index in [0.29, 0.717) is 24.7 Å². The third kappa shape index (κ3) is 2.02. The van der Waals surface area contributed by atoms with E-state index in [1.165, 1.54) is 13.2 Å². The van der Waals surface area contributed by atoms with Gasteiger partial charge in [-0.05, 0) is 13.8 Å². The summed E-state index contributed by atoms with van der Waals surface area (Å²) in [4.78, 5) is 0. The van der Waals surface area contributed by atoms with Crippen LogP contribution in [0.2, 0.25) is 0 Å². The molecule has 4 nitrogen and oxygen atoms in total. The van der Waals surface area contributed by atoms with Crippen LogP contribution < -0.4 is 14.2 Å². The number of halogens is 1. The molecule has 1 heterocycles. The molecule has 0 atom stereocenters. The molecule has 0 saturated carbocycles. The Morgan fingerprint density at radius 2 is 2.00 bits per heavy atom. The first-order valence-electron chi connectivity index (χ1n) is 5.34. The molecule has 94 valence electrons. The molecule has 1 N–H and O–H groups in total. The summed E-state index contributed by atoms with van der Waals surface area (Å²) in [5, 5.41) is 10.1. The number of hydrogen-bond donors (Lipinski definition) is 1. The number of rotatable bonds is 2. The summed E-state index contributed by atoms with van der Waals surface area (Å²) >= 11 is 0. The number of fused-ring (bicyclic) bond motifs is 1. The predicted molar refractivity (Wildman–Crippen MR) is 59.2 cm³/mol. The van der Waals surface area contributed by atoms with Crippen molar-refractivity contribution < 1.29 is 23.7 Å². The molecule has 2 rings (SSSR count). The van der Waals surface area contributed by atoms with Crippen LogP contribution in [0.3, 0.4) is 0 Å². The van der Waals surface area contributed by atoms with Crippen molar-refractivity contribution in [1.29, 1.82) is 0 Å². The second-order valence-electron chi connectivity index (χ2n) is 4.35. The lowest BCUT2D eigenvalue weighted by molar-refractivity contribution is 0.0661. The summed E-state index contributed by atoms with van der Waals surface area (Å²) in [6.45, 7) is 3.82. The van der Waals surface area contributed by atoms with Crippen LogP contribution in [0.15, 0.2) is 6.07 Å². The Morgan fingerprint density at radius 1 is 1.35 bits per heavy atom. The summed E-state index contributed by atoms with van der Waals surface area (Å²) in [5.41, 5.74) is -1.01. The van der Waals surface area contributed by atoms with Crippen LogP contribution >= 0.6 is 0 Å². The average molecular weight is 242 g/mol. The van der Waals surface area contributed by atoms with Gasteiger partial charge < -0.3 is 19.3 Å². The van der Waals surface area contributed by atoms with E-state index in [4.69, 9.17) is 14.2 Å². The second-order valence-corrected chi connectivity index (χ2v) is 4.35. The fourth-order valence-electron chi connectivity index (χ4n) is 1.89. The summed E-state index contributed by atoms with van der Waals surface area (Å²) in [7, 11) is 1.35. The van der Waals surface area contributed by atoms with Gasteiger partial charge >= 0.3 is 0 Å². The first kappa shape index (κ1) is 12.0. The Labute approximate surface area is 98.9 Å². The highest BCUT2D eigenvalue weighted by atomic mass is 19.1. The zero-order valence-electron chi connectivity index (χ0n) is 10.0. The largest absolute Gasteiger partial charge is 0.493 e. The minimum Gasteiger partial charge on any atom is -0.493 e. The Hall–Kier alpha value is -1.49. The molecule has 1 aromatic rings. The van der Waals surface area contributed by atoms with E-state index in [1.807, 2.05) is 0 Å². The average Bonchev–Trinajstić information content (AvgIpc) is 2.25. The van der Waals surface area contributed by atoms with Crippen molar-refractivity contribution in [2.24, 2.45) is 0 Å². The van der Waals surface area contributed by atoms with Crippen LogP contribution in [0.1, 0.15) is 19.4 Å². The molecule has 0 bridgehead atoms. The van der Waals surface area contributed by atoms with E-state index in [1.54, 1.807) is 13.8 Å². The Bertz CT molecular complexity index is 437. The number of aliphatic hydroxyl groups is 1. The molecule has 0 amide bonds. The van der Waals surface area contributed by atoms with Crippen LogP contribution in [0.25, 0.3) is 0 Å². The van der Waals surface area contributed by atoms with Crippen LogP contribution in [0.4, 0.5) is 4.39 Å². The van der Waals surface area contributed by atoms with Crippen molar-refractivity contribution in [3.05, 3.63) is 17.4 Å². The first-order valence-corrected chi connectivity index (χ1v) is 5.34. The summed E-state index contributed by atoms with van der Waals surface area (Å²) in [5.74, 6) is 0.0595. The number of benzene rings is 1. The van der Waals surface area contributed by atoms with Crippen LogP contribution in [-0.4, -0.2) is 25.4 Å². The maximum absolute atomic E-state index is 13.8. The molecule has 0 saturated heterocycles. The van der Waals surface area contributed by atoms with Crippen molar-refractivity contribution in [3.8, 4) is 17.2 Å². The fraction of sp³-hybridized carbons (Fsp3) is 0.500. The highest BCUT2D eigenvalue weighted by molar-refractivity contribution is 5.57. The van der Waals surface area contributed by atoms with Gasteiger partial charge in [-0.1, -0.05) is 0 Å².